The van der Waals surface area contributed by atoms with Crippen LogP contribution in [0.25, 0.3) is 10.9 Å². The Morgan fingerprint density at radius 3 is 2.91 bits per heavy atom. The van der Waals surface area contributed by atoms with Crippen LogP contribution in [0, 0.1) is 13.8 Å². The second kappa shape index (κ2) is 5.02. The number of hydrogen-bond acceptors (Lipinski definition) is 4. The molecule has 0 radical (unpaired) electrons. The first kappa shape index (κ1) is 13.6. The summed E-state index contributed by atoms with van der Waals surface area (Å²) in [6, 6.07) is 6.37. The molecule has 3 heterocycles. The molecule has 0 aliphatic carbocycles. The Kier molecular flexibility index (Phi) is 3.11. The van der Waals surface area contributed by atoms with Crippen LogP contribution in [-0.4, -0.2) is 21.5 Å². The molecule has 2 aromatic heterocycles. The van der Waals surface area contributed by atoms with Crippen molar-refractivity contribution in [1.29, 1.82) is 0 Å². The average Bonchev–Trinajstić information content (AvgIpc) is 2.95. The van der Waals surface area contributed by atoms with E-state index in [1.54, 1.807) is 6.33 Å². The maximum atomic E-state index is 4.59. The van der Waals surface area contributed by atoms with Crippen LogP contribution in [-0.2, 0) is 0 Å². The van der Waals surface area contributed by atoms with Gasteiger partial charge in [-0.1, -0.05) is 22.0 Å². The second-order valence-electron chi connectivity index (χ2n) is 5.67. The molecule has 0 amide bonds. The predicted molar refractivity (Wildman–Crippen MR) is 91.3 cm³/mol. The van der Waals surface area contributed by atoms with E-state index in [1.807, 2.05) is 13.1 Å². The third-order valence-corrected chi connectivity index (χ3v) is 5.17. The molecule has 0 spiro atoms. The molecular weight excluding hydrogens is 340 g/mol. The highest BCUT2D eigenvalue weighted by Gasteiger charge is 2.28. The van der Waals surface area contributed by atoms with Crippen LogP contribution < -0.4 is 5.32 Å². The second-order valence-corrected chi connectivity index (χ2v) is 6.53. The lowest BCUT2D eigenvalue weighted by atomic mass is 9.94. The maximum Gasteiger partial charge on any atom is 0.116 e. The fraction of sp³-hybridized carbons (Fsp3) is 0.235. The molecule has 22 heavy (non-hydrogen) atoms. The molecule has 0 fully saturated rings. The first-order chi connectivity index (χ1) is 10.6. The first-order valence-corrected chi connectivity index (χ1v) is 8.04. The van der Waals surface area contributed by atoms with Crippen molar-refractivity contribution >= 4 is 32.5 Å². The van der Waals surface area contributed by atoms with Crippen molar-refractivity contribution < 1.29 is 0 Å². The van der Waals surface area contributed by atoms with E-state index in [-0.39, 0.29) is 5.92 Å². The highest BCUT2D eigenvalue weighted by atomic mass is 79.9. The minimum atomic E-state index is 0.245. The minimum Gasteiger partial charge on any atom is -0.384 e. The van der Waals surface area contributed by atoms with Crippen molar-refractivity contribution in [3.8, 4) is 0 Å². The molecule has 0 saturated carbocycles. The molecule has 1 N–H and O–H groups in total. The molecule has 4 rings (SSSR count). The van der Waals surface area contributed by atoms with Gasteiger partial charge in [-0.2, -0.15) is 0 Å². The molecular formula is C17H15BrN4. The third kappa shape index (κ3) is 2.00. The van der Waals surface area contributed by atoms with Gasteiger partial charge in [-0.25, -0.2) is 9.97 Å². The van der Waals surface area contributed by atoms with Crippen molar-refractivity contribution in [3.63, 3.8) is 0 Å². The smallest absolute Gasteiger partial charge is 0.116 e. The van der Waals surface area contributed by atoms with Gasteiger partial charge in [0.1, 0.15) is 6.33 Å². The van der Waals surface area contributed by atoms with Crippen LogP contribution in [0.1, 0.15) is 28.4 Å². The summed E-state index contributed by atoms with van der Waals surface area (Å²) in [5.74, 6) is 0.245. The number of benzene rings is 1. The van der Waals surface area contributed by atoms with Gasteiger partial charge in [0.15, 0.2) is 0 Å². The largest absolute Gasteiger partial charge is 0.384 e. The van der Waals surface area contributed by atoms with Crippen LogP contribution in [0.5, 0.6) is 0 Å². The molecule has 3 aromatic rings. The van der Waals surface area contributed by atoms with Gasteiger partial charge in [0.05, 0.1) is 17.4 Å². The van der Waals surface area contributed by atoms with E-state index >= 15 is 0 Å². The summed E-state index contributed by atoms with van der Waals surface area (Å²) in [4.78, 5) is 13.3. The Morgan fingerprint density at radius 1 is 1.18 bits per heavy atom. The van der Waals surface area contributed by atoms with Crippen molar-refractivity contribution in [1.82, 2.24) is 15.0 Å². The number of anilines is 1. The zero-order valence-corrected chi connectivity index (χ0v) is 14.0. The van der Waals surface area contributed by atoms with Gasteiger partial charge in [-0.05, 0) is 37.1 Å². The summed E-state index contributed by atoms with van der Waals surface area (Å²) in [5, 5.41) is 4.62. The number of nitrogens with one attached hydrogen (secondary N) is 1. The third-order valence-electron chi connectivity index (χ3n) is 4.31. The molecule has 1 atom stereocenters. The zero-order chi connectivity index (χ0) is 15.3. The molecule has 1 aliphatic heterocycles. The fourth-order valence-corrected chi connectivity index (χ4v) is 3.48. The number of aromatic nitrogens is 3. The monoisotopic (exact) mass is 354 g/mol. The summed E-state index contributed by atoms with van der Waals surface area (Å²) >= 11 is 3.60. The van der Waals surface area contributed by atoms with Crippen molar-refractivity contribution in [3.05, 3.63) is 57.7 Å². The average molecular weight is 355 g/mol. The fourth-order valence-electron chi connectivity index (χ4n) is 3.15. The Balaban J connectivity index is 1.93. The lowest BCUT2D eigenvalue weighted by Gasteiger charge is -2.13. The number of nitrogens with zero attached hydrogens (tertiary/aromatic N) is 3. The topological polar surface area (TPSA) is 50.7 Å². The first-order valence-electron chi connectivity index (χ1n) is 7.25. The summed E-state index contributed by atoms with van der Waals surface area (Å²) in [6.07, 6.45) is 3.46. The van der Waals surface area contributed by atoms with Crippen LogP contribution in [0.2, 0.25) is 0 Å². The van der Waals surface area contributed by atoms with Crippen LogP contribution in [0.15, 0.2) is 35.2 Å². The van der Waals surface area contributed by atoms with Crippen LogP contribution in [0.3, 0.4) is 0 Å². The number of rotatable bonds is 1. The highest BCUT2D eigenvalue weighted by Crippen LogP contribution is 2.41. The Hall–Kier alpha value is -2.01. The van der Waals surface area contributed by atoms with Gasteiger partial charge in [-0.3, -0.25) is 4.98 Å². The summed E-state index contributed by atoms with van der Waals surface area (Å²) < 4.78 is 1.13. The van der Waals surface area contributed by atoms with Crippen molar-refractivity contribution in [2.75, 3.05) is 11.9 Å². The Bertz CT molecular complexity index is 891. The van der Waals surface area contributed by atoms with Gasteiger partial charge >= 0.3 is 0 Å². The summed E-state index contributed by atoms with van der Waals surface area (Å²) in [6.45, 7) is 4.99. The van der Waals surface area contributed by atoms with E-state index in [0.717, 1.165) is 33.3 Å². The number of hydrogen-bond donors (Lipinski definition) is 1. The highest BCUT2D eigenvalue weighted by molar-refractivity contribution is 9.10. The van der Waals surface area contributed by atoms with Gasteiger partial charge in [0.2, 0.25) is 0 Å². The van der Waals surface area contributed by atoms with E-state index in [4.69, 9.17) is 0 Å². The maximum absolute atomic E-state index is 4.59. The minimum absolute atomic E-state index is 0.245. The number of aryl methyl sites for hydroxylation is 1. The van der Waals surface area contributed by atoms with Crippen LogP contribution in [0.4, 0.5) is 5.69 Å². The van der Waals surface area contributed by atoms with Gasteiger partial charge in [0.25, 0.3) is 0 Å². The molecule has 0 saturated heterocycles. The van der Waals surface area contributed by atoms with E-state index in [9.17, 15) is 0 Å². The zero-order valence-electron chi connectivity index (χ0n) is 12.4. The summed E-state index contributed by atoms with van der Waals surface area (Å²) in [5.41, 5.74) is 6.73. The SMILES string of the molecule is Cc1cc2c(C3CNc4c3ccc(Br)c4C)ncnc2cn1. The quantitative estimate of drug-likeness (QED) is 0.718. The normalized spacial score (nSPS) is 16.6. The van der Waals surface area contributed by atoms with Gasteiger partial charge in [0, 0.05) is 33.7 Å². The molecule has 1 aliphatic rings. The molecule has 4 nitrogen and oxygen atoms in total. The van der Waals surface area contributed by atoms with E-state index in [0.29, 0.717) is 0 Å². The van der Waals surface area contributed by atoms with Gasteiger partial charge < -0.3 is 5.32 Å². The van der Waals surface area contributed by atoms with Crippen molar-refractivity contribution in [2.24, 2.45) is 0 Å². The molecule has 110 valence electrons. The van der Waals surface area contributed by atoms with E-state index in [1.165, 1.54) is 16.8 Å². The molecule has 1 unspecified atom stereocenters. The van der Waals surface area contributed by atoms with E-state index < -0.39 is 0 Å². The van der Waals surface area contributed by atoms with Gasteiger partial charge in [-0.15, -0.1) is 0 Å². The summed E-state index contributed by atoms with van der Waals surface area (Å²) in [7, 11) is 0. The Labute approximate surface area is 137 Å². The lowest BCUT2D eigenvalue weighted by molar-refractivity contribution is 0.864. The number of fused-ring (bicyclic) bond motifs is 2. The lowest BCUT2D eigenvalue weighted by Crippen LogP contribution is -2.07. The van der Waals surface area contributed by atoms with Crippen LogP contribution >= 0.6 is 15.9 Å². The Morgan fingerprint density at radius 2 is 2.05 bits per heavy atom. The molecule has 5 heteroatoms. The molecule has 0 bridgehead atoms. The van der Waals surface area contributed by atoms with E-state index in [2.05, 4.69) is 61.3 Å². The standard InChI is InChI=1S/C17H15BrN4/c1-9-5-12-15(7-19-9)21-8-22-17(12)13-6-20-16-10(2)14(18)4-3-11(13)16/h3-5,7-8,13,20H,6H2,1-2H3. The van der Waals surface area contributed by atoms with Crippen molar-refractivity contribution in [2.45, 2.75) is 19.8 Å². The number of halogens is 1. The molecule has 1 aromatic carbocycles. The predicted octanol–water partition coefficient (Wildman–Crippen LogP) is 3.96. The number of pyridine rings is 1.